The van der Waals surface area contributed by atoms with Gasteiger partial charge in [-0.25, -0.2) is 13.4 Å². The molecule has 5 rings (SSSR count). The Bertz CT molecular complexity index is 1640. The summed E-state index contributed by atoms with van der Waals surface area (Å²) in [4.78, 5) is 17.2. The van der Waals surface area contributed by atoms with Gasteiger partial charge in [-0.1, -0.05) is 24.3 Å². The second-order valence-corrected chi connectivity index (χ2v) is 11.1. The molecule has 194 valence electrons. The van der Waals surface area contributed by atoms with Crippen LogP contribution in [0.25, 0.3) is 5.65 Å². The number of hydrazine groups is 1. The van der Waals surface area contributed by atoms with Crippen molar-refractivity contribution in [2.24, 2.45) is 0 Å². The number of fused-ring (bicyclic) bond motifs is 1. The number of pyridine rings is 1. The van der Waals surface area contributed by atoms with Crippen molar-refractivity contribution < 1.29 is 13.2 Å². The van der Waals surface area contributed by atoms with Crippen LogP contribution in [0.15, 0.2) is 107 Å². The number of aromatic nitrogens is 2. The number of sulfone groups is 1. The Morgan fingerprint density at radius 1 is 1.05 bits per heavy atom. The van der Waals surface area contributed by atoms with Gasteiger partial charge in [0, 0.05) is 30.8 Å². The van der Waals surface area contributed by atoms with Gasteiger partial charge in [0.15, 0.2) is 0 Å². The molecule has 4 aromatic rings. The van der Waals surface area contributed by atoms with Gasteiger partial charge in [-0.2, -0.15) is 0 Å². The zero-order valence-electron chi connectivity index (χ0n) is 21.0. The van der Waals surface area contributed by atoms with E-state index in [-0.39, 0.29) is 22.2 Å². The second kappa shape index (κ2) is 10.9. The average Bonchev–Trinajstić information content (AvgIpc) is 3.24. The first-order chi connectivity index (χ1) is 18.4. The minimum atomic E-state index is -3.70. The highest BCUT2D eigenvalue weighted by Crippen LogP contribution is 2.26. The number of anilines is 1. The van der Waals surface area contributed by atoms with Crippen LogP contribution in [0.4, 0.5) is 5.69 Å². The van der Waals surface area contributed by atoms with Gasteiger partial charge < -0.3 is 20.6 Å². The summed E-state index contributed by atoms with van der Waals surface area (Å²) in [5.41, 5.74) is 11.0. The lowest BCUT2D eigenvalue weighted by atomic mass is 10.2. The molecule has 0 spiro atoms. The van der Waals surface area contributed by atoms with Crippen LogP contribution in [0, 0.1) is 6.92 Å². The van der Waals surface area contributed by atoms with Gasteiger partial charge in [0.1, 0.15) is 5.65 Å². The summed E-state index contributed by atoms with van der Waals surface area (Å²) in [7, 11) is -3.70. The summed E-state index contributed by atoms with van der Waals surface area (Å²) in [5, 5.41) is 2.87. The van der Waals surface area contributed by atoms with Crippen LogP contribution >= 0.6 is 0 Å². The molecular formula is C29H29N5O3S. The number of carbonyl (C=O) groups excluding carboxylic acids is 1. The fourth-order valence-electron chi connectivity index (χ4n) is 4.31. The maximum absolute atomic E-state index is 13.3. The molecule has 0 aliphatic heterocycles. The molecule has 1 aliphatic rings. The van der Waals surface area contributed by atoms with Crippen molar-refractivity contribution in [1.82, 2.24) is 20.1 Å². The highest BCUT2D eigenvalue weighted by Gasteiger charge is 2.20. The third kappa shape index (κ3) is 5.63. The van der Waals surface area contributed by atoms with E-state index in [1.54, 1.807) is 78.4 Å². The molecule has 0 fully saturated rings. The molecule has 0 unspecified atom stereocenters. The third-order valence-electron chi connectivity index (χ3n) is 6.42. The van der Waals surface area contributed by atoms with E-state index in [4.69, 9.17) is 0 Å². The molecule has 3 N–H and O–H groups in total. The molecule has 8 nitrogen and oxygen atoms in total. The zero-order valence-corrected chi connectivity index (χ0v) is 21.8. The van der Waals surface area contributed by atoms with Gasteiger partial charge in [0.25, 0.3) is 5.91 Å². The van der Waals surface area contributed by atoms with E-state index < -0.39 is 9.84 Å². The number of nitrogens with zero attached hydrogens (tertiary/aromatic N) is 2. The maximum atomic E-state index is 13.3. The normalized spacial score (nSPS) is 13.6. The fourth-order valence-corrected chi connectivity index (χ4v) is 5.79. The van der Waals surface area contributed by atoms with Gasteiger partial charge in [-0.15, -0.1) is 0 Å². The first-order valence-electron chi connectivity index (χ1n) is 12.4. The molecule has 2 aromatic carbocycles. The Balaban J connectivity index is 1.22. The maximum Gasteiger partial charge on any atom is 0.253 e. The Kier molecular flexibility index (Phi) is 7.28. The number of rotatable bonds is 8. The van der Waals surface area contributed by atoms with Gasteiger partial charge in [-0.3, -0.25) is 4.79 Å². The van der Waals surface area contributed by atoms with Crippen LogP contribution in [0.3, 0.4) is 0 Å². The molecule has 0 atom stereocenters. The van der Waals surface area contributed by atoms with E-state index in [1.807, 2.05) is 18.2 Å². The number of imidazole rings is 1. The number of allylic oxidation sites excluding steroid dienone is 4. The predicted octanol–water partition coefficient (Wildman–Crippen LogP) is 4.95. The molecule has 1 aliphatic carbocycles. The average molecular weight is 528 g/mol. The fraction of sp³-hybridized carbons (Fsp3) is 0.172. The first-order valence-corrected chi connectivity index (χ1v) is 13.9. The van der Waals surface area contributed by atoms with Crippen LogP contribution in [0.5, 0.6) is 0 Å². The van der Waals surface area contributed by atoms with Crippen LogP contribution in [-0.4, -0.2) is 23.7 Å². The third-order valence-corrected chi connectivity index (χ3v) is 8.35. The minimum absolute atomic E-state index is 0.204. The Morgan fingerprint density at radius 2 is 1.89 bits per heavy atom. The van der Waals surface area contributed by atoms with Crippen LogP contribution in [0.1, 0.15) is 40.7 Å². The van der Waals surface area contributed by atoms with Crippen molar-refractivity contribution in [3.8, 4) is 0 Å². The number of hydrogen-bond acceptors (Lipinski definition) is 6. The highest BCUT2D eigenvalue weighted by atomic mass is 32.2. The molecule has 2 aromatic heterocycles. The number of aryl methyl sites for hydroxylation is 1. The summed E-state index contributed by atoms with van der Waals surface area (Å²) < 4.78 is 28.4. The van der Waals surface area contributed by atoms with E-state index >= 15 is 0 Å². The first kappa shape index (κ1) is 25.3. The van der Waals surface area contributed by atoms with E-state index in [0.717, 1.165) is 41.9 Å². The molecule has 0 saturated heterocycles. The summed E-state index contributed by atoms with van der Waals surface area (Å²) >= 11 is 0. The van der Waals surface area contributed by atoms with Crippen LogP contribution in [-0.2, 0) is 16.4 Å². The Labute approximate surface area is 222 Å². The zero-order chi connectivity index (χ0) is 26.5. The van der Waals surface area contributed by atoms with Crippen LogP contribution in [0.2, 0.25) is 0 Å². The Hall–Kier alpha value is -4.37. The number of carbonyl (C=O) groups is 1. The van der Waals surface area contributed by atoms with Crippen molar-refractivity contribution in [3.05, 3.63) is 114 Å². The standard InChI is InChI=1S/C29H29N5O3S/c1-21-18-25(33-32-24-6-4-2-3-5-7-24)11-14-27(21)38(36,37)26-12-8-22(9-13-26)19-31-29(35)23-10-15-28-30-16-17-34(28)20-23/h2,4,6,8-18,20,32-33H,3,5,7,19H2,1H3,(H,31,35). The van der Waals surface area contributed by atoms with Gasteiger partial charge in [-0.05, 0) is 85.9 Å². The molecule has 1 amide bonds. The lowest BCUT2D eigenvalue weighted by Gasteiger charge is -2.14. The minimum Gasteiger partial charge on any atom is -0.348 e. The molecule has 2 heterocycles. The number of nitrogens with one attached hydrogen (secondary N) is 3. The highest BCUT2D eigenvalue weighted by molar-refractivity contribution is 7.91. The summed E-state index contributed by atoms with van der Waals surface area (Å²) in [5.74, 6) is -0.220. The largest absolute Gasteiger partial charge is 0.348 e. The van der Waals surface area contributed by atoms with Crippen molar-refractivity contribution in [2.75, 3.05) is 5.43 Å². The Morgan fingerprint density at radius 3 is 2.71 bits per heavy atom. The second-order valence-electron chi connectivity index (χ2n) is 9.18. The number of amides is 1. The van der Waals surface area contributed by atoms with E-state index in [0.29, 0.717) is 11.1 Å². The lowest BCUT2D eigenvalue weighted by molar-refractivity contribution is 0.0950. The molecule has 9 heteroatoms. The molecule has 38 heavy (non-hydrogen) atoms. The number of hydrogen-bond donors (Lipinski definition) is 3. The number of benzene rings is 2. The predicted molar refractivity (Wildman–Crippen MR) is 147 cm³/mol. The van der Waals surface area contributed by atoms with Crippen LogP contribution < -0.4 is 16.2 Å². The smallest absolute Gasteiger partial charge is 0.253 e. The summed E-state index contributed by atoms with van der Waals surface area (Å²) in [6, 6.07) is 15.3. The quantitative estimate of drug-likeness (QED) is 0.280. The summed E-state index contributed by atoms with van der Waals surface area (Å²) in [6.07, 6.45) is 14.5. The molecule has 0 radical (unpaired) electrons. The van der Waals surface area contributed by atoms with Crippen molar-refractivity contribution in [3.63, 3.8) is 0 Å². The van der Waals surface area contributed by atoms with Crippen molar-refractivity contribution in [2.45, 2.75) is 42.5 Å². The van der Waals surface area contributed by atoms with Gasteiger partial charge >= 0.3 is 0 Å². The molecular weight excluding hydrogens is 498 g/mol. The lowest BCUT2D eigenvalue weighted by Crippen LogP contribution is -2.23. The van der Waals surface area contributed by atoms with Crippen molar-refractivity contribution in [1.29, 1.82) is 0 Å². The monoisotopic (exact) mass is 527 g/mol. The van der Waals surface area contributed by atoms with Gasteiger partial charge in [0.2, 0.25) is 9.84 Å². The SMILES string of the molecule is Cc1cc(NNC2=CC=CCCC2)ccc1S(=O)(=O)c1ccc(CNC(=O)c2ccc3nccn3c2)cc1. The summed E-state index contributed by atoms with van der Waals surface area (Å²) in [6.45, 7) is 2.07. The molecule has 0 saturated carbocycles. The van der Waals surface area contributed by atoms with Crippen molar-refractivity contribution >= 4 is 27.1 Å². The van der Waals surface area contributed by atoms with E-state index in [1.165, 1.54) is 0 Å². The topological polar surface area (TPSA) is 105 Å². The van der Waals surface area contributed by atoms with E-state index in [2.05, 4.69) is 27.2 Å². The van der Waals surface area contributed by atoms with E-state index in [9.17, 15) is 13.2 Å². The van der Waals surface area contributed by atoms with Gasteiger partial charge in [0.05, 0.1) is 21.0 Å². The molecule has 0 bridgehead atoms.